The Morgan fingerprint density at radius 3 is 2.03 bits per heavy atom. The fraction of sp³-hybridized carbons (Fsp3) is 0.800. The predicted octanol–water partition coefficient (Wildman–Crippen LogP) is 7.99. The molecule has 1 aliphatic rings. The number of ether oxygens (including phenoxy) is 2. The lowest BCUT2D eigenvalue weighted by molar-refractivity contribution is 0.0149. The summed E-state index contributed by atoms with van der Waals surface area (Å²) in [6, 6.07) is 6.72. The maximum Gasteiger partial charge on any atom is 0.296 e. The fourth-order valence-corrected chi connectivity index (χ4v) is 5.78. The highest BCUT2D eigenvalue weighted by Crippen LogP contribution is 2.25. The molecular weight excluding hydrogens is 472 g/mol. The second kappa shape index (κ2) is 19.2. The molecule has 0 aromatic heterocycles. The highest BCUT2D eigenvalue weighted by atomic mass is 32.2. The van der Waals surface area contributed by atoms with E-state index in [0.29, 0.717) is 25.6 Å². The van der Waals surface area contributed by atoms with Crippen LogP contribution in [0.3, 0.4) is 0 Å². The third kappa shape index (κ3) is 14.1. The monoisotopic (exact) mass is 524 g/mol. The quantitative estimate of drug-likeness (QED) is 0.114. The van der Waals surface area contributed by atoms with Crippen LogP contribution in [-0.4, -0.2) is 40.9 Å². The zero-order valence-corrected chi connectivity index (χ0v) is 23.9. The predicted molar refractivity (Wildman–Crippen MR) is 148 cm³/mol. The molecule has 208 valence electrons. The maximum absolute atomic E-state index is 12.2. The molecule has 0 aliphatic carbocycles. The van der Waals surface area contributed by atoms with E-state index in [1.165, 1.54) is 83.5 Å². The van der Waals surface area contributed by atoms with Crippen LogP contribution < -0.4 is 0 Å². The zero-order valence-electron chi connectivity index (χ0n) is 23.1. The highest BCUT2D eigenvalue weighted by Gasteiger charge is 2.25. The molecule has 0 N–H and O–H groups in total. The van der Waals surface area contributed by atoms with Crippen LogP contribution in [0.5, 0.6) is 0 Å². The summed E-state index contributed by atoms with van der Waals surface area (Å²) in [7, 11) is -3.67. The molecule has 0 unspecified atom stereocenters. The summed E-state index contributed by atoms with van der Waals surface area (Å²) in [5, 5.41) is 0. The zero-order chi connectivity index (χ0) is 25.9. The van der Waals surface area contributed by atoms with E-state index < -0.39 is 10.1 Å². The van der Waals surface area contributed by atoms with Crippen LogP contribution in [0.4, 0.5) is 0 Å². The molecule has 1 aromatic rings. The highest BCUT2D eigenvalue weighted by molar-refractivity contribution is 7.86. The lowest BCUT2D eigenvalue weighted by Gasteiger charge is -2.11. The van der Waals surface area contributed by atoms with Crippen molar-refractivity contribution in [2.45, 2.75) is 128 Å². The Balaban J connectivity index is 1.37. The Hall–Kier alpha value is -0.950. The van der Waals surface area contributed by atoms with Gasteiger partial charge < -0.3 is 9.47 Å². The molecule has 0 radical (unpaired) electrons. The third-order valence-electron chi connectivity index (χ3n) is 7.16. The first-order chi connectivity index (χ1) is 17.5. The molecule has 1 aromatic carbocycles. The number of rotatable bonds is 22. The van der Waals surface area contributed by atoms with Crippen molar-refractivity contribution in [3.8, 4) is 0 Å². The summed E-state index contributed by atoms with van der Waals surface area (Å²) in [4.78, 5) is 0.209. The molecule has 2 rings (SSSR count). The molecule has 0 amide bonds. The average molecular weight is 525 g/mol. The van der Waals surface area contributed by atoms with E-state index in [1.54, 1.807) is 24.3 Å². The van der Waals surface area contributed by atoms with Gasteiger partial charge in [-0.3, -0.25) is 4.18 Å². The van der Waals surface area contributed by atoms with Crippen LogP contribution in [-0.2, 0) is 23.8 Å². The number of unbranched alkanes of at least 4 members (excludes halogenated alkanes) is 12. The van der Waals surface area contributed by atoms with Crippen molar-refractivity contribution in [2.75, 3.05) is 26.4 Å². The maximum atomic E-state index is 12.2. The molecule has 1 saturated heterocycles. The normalized spacial score (nSPS) is 18.2. The van der Waals surface area contributed by atoms with Gasteiger partial charge in [-0.2, -0.15) is 8.42 Å². The Morgan fingerprint density at radius 1 is 0.806 bits per heavy atom. The van der Waals surface area contributed by atoms with E-state index in [1.807, 2.05) is 6.92 Å². The van der Waals surface area contributed by atoms with E-state index in [9.17, 15) is 8.42 Å². The van der Waals surface area contributed by atoms with Gasteiger partial charge in [0.25, 0.3) is 10.1 Å². The first-order valence-corrected chi connectivity index (χ1v) is 16.1. The van der Waals surface area contributed by atoms with Crippen molar-refractivity contribution in [3.63, 3.8) is 0 Å². The van der Waals surface area contributed by atoms with Crippen molar-refractivity contribution in [2.24, 2.45) is 5.92 Å². The van der Waals surface area contributed by atoms with Gasteiger partial charge in [0, 0.05) is 13.2 Å². The molecule has 0 bridgehead atoms. The van der Waals surface area contributed by atoms with Crippen LogP contribution in [0, 0.1) is 12.8 Å². The van der Waals surface area contributed by atoms with Gasteiger partial charge >= 0.3 is 0 Å². The molecule has 1 aliphatic heterocycles. The topological polar surface area (TPSA) is 61.8 Å². The van der Waals surface area contributed by atoms with Crippen molar-refractivity contribution in [3.05, 3.63) is 29.8 Å². The van der Waals surface area contributed by atoms with Gasteiger partial charge in [0.15, 0.2) is 0 Å². The third-order valence-corrected chi connectivity index (χ3v) is 8.49. The second-order valence-corrected chi connectivity index (χ2v) is 12.2. The summed E-state index contributed by atoms with van der Waals surface area (Å²) in [6.07, 6.45) is 20.8. The minimum Gasteiger partial charge on any atom is -0.379 e. The lowest BCUT2D eigenvalue weighted by Crippen LogP contribution is -2.15. The lowest BCUT2D eigenvalue weighted by atomic mass is 9.97. The Bertz CT molecular complexity index is 762. The van der Waals surface area contributed by atoms with Gasteiger partial charge in [-0.1, -0.05) is 102 Å². The Kier molecular flexibility index (Phi) is 16.6. The summed E-state index contributed by atoms with van der Waals surface area (Å²) in [6.45, 7) is 6.50. The van der Waals surface area contributed by atoms with Gasteiger partial charge in [-0.25, -0.2) is 0 Å². The van der Waals surface area contributed by atoms with Gasteiger partial charge in [-0.15, -0.1) is 0 Å². The Morgan fingerprint density at radius 2 is 1.39 bits per heavy atom. The van der Waals surface area contributed by atoms with Crippen molar-refractivity contribution in [1.29, 1.82) is 0 Å². The minimum atomic E-state index is -3.67. The molecule has 36 heavy (non-hydrogen) atoms. The fourth-order valence-electron chi connectivity index (χ4n) is 4.83. The van der Waals surface area contributed by atoms with E-state index >= 15 is 0 Å². The second-order valence-electron chi connectivity index (χ2n) is 10.6. The number of hydrogen-bond donors (Lipinski definition) is 0. The van der Waals surface area contributed by atoms with E-state index in [-0.39, 0.29) is 17.6 Å². The molecule has 5 nitrogen and oxygen atoms in total. The SMILES string of the molecule is CCCCCCCCCCCCCC[C@H]1CO[C@H](COCCCCOS(=O)(=O)c2ccc(C)cc2)C1. The van der Waals surface area contributed by atoms with Crippen LogP contribution in [0.2, 0.25) is 0 Å². The molecule has 2 atom stereocenters. The molecule has 1 heterocycles. The van der Waals surface area contributed by atoms with Crippen LogP contribution in [0.1, 0.15) is 115 Å². The van der Waals surface area contributed by atoms with Crippen LogP contribution in [0.15, 0.2) is 29.2 Å². The largest absolute Gasteiger partial charge is 0.379 e. The summed E-state index contributed by atoms with van der Waals surface area (Å²) in [5.74, 6) is 0.683. The summed E-state index contributed by atoms with van der Waals surface area (Å²) < 4.78 is 41.2. The molecular formula is C30H52O5S. The van der Waals surface area contributed by atoms with Gasteiger partial charge in [0.2, 0.25) is 0 Å². The average Bonchev–Trinajstić information content (AvgIpc) is 3.32. The van der Waals surface area contributed by atoms with Gasteiger partial charge in [0.05, 0.1) is 24.2 Å². The molecule has 6 heteroatoms. The number of hydrogen-bond acceptors (Lipinski definition) is 5. The van der Waals surface area contributed by atoms with Crippen molar-refractivity contribution < 1.29 is 22.1 Å². The minimum absolute atomic E-state index is 0.181. The molecule has 0 saturated carbocycles. The van der Waals surface area contributed by atoms with Gasteiger partial charge in [0.1, 0.15) is 0 Å². The number of benzene rings is 1. The van der Waals surface area contributed by atoms with Gasteiger partial charge in [-0.05, 0) is 50.7 Å². The van der Waals surface area contributed by atoms with E-state index in [0.717, 1.165) is 25.0 Å². The summed E-state index contributed by atoms with van der Waals surface area (Å²) in [5.41, 5.74) is 1.02. The Labute approximate surface area is 221 Å². The van der Waals surface area contributed by atoms with Crippen molar-refractivity contribution >= 4 is 10.1 Å². The smallest absolute Gasteiger partial charge is 0.296 e. The van der Waals surface area contributed by atoms with Crippen LogP contribution in [0.25, 0.3) is 0 Å². The number of aryl methyl sites for hydroxylation is 1. The van der Waals surface area contributed by atoms with Crippen LogP contribution >= 0.6 is 0 Å². The molecule has 0 spiro atoms. The van der Waals surface area contributed by atoms with E-state index in [4.69, 9.17) is 13.7 Å². The van der Waals surface area contributed by atoms with E-state index in [2.05, 4.69) is 6.92 Å². The first kappa shape index (κ1) is 31.3. The van der Waals surface area contributed by atoms with Crippen molar-refractivity contribution in [1.82, 2.24) is 0 Å². The standard InChI is InChI=1S/C30H52O5S/c1-3-4-5-6-7-8-9-10-11-12-13-14-17-28-24-29(34-25-28)26-33-22-15-16-23-35-36(31,32)30-20-18-27(2)19-21-30/h18-21,28-29H,3-17,22-26H2,1-2H3/t28-,29+/m1/s1. The first-order valence-electron chi connectivity index (χ1n) is 14.7. The summed E-state index contributed by atoms with van der Waals surface area (Å²) >= 11 is 0. The molecule has 1 fully saturated rings.